The van der Waals surface area contributed by atoms with Gasteiger partial charge in [0.25, 0.3) is 5.91 Å². The van der Waals surface area contributed by atoms with Crippen LogP contribution in [-0.2, 0) is 4.79 Å². The van der Waals surface area contributed by atoms with E-state index in [4.69, 9.17) is 0 Å². The van der Waals surface area contributed by atoms with Crippen molar-refractivity contribution in [1.29, 1.82) is 0 Å². The predicted molar refractivity (Wildman–Crippen MR) is 103 cm³/mol. The molecule has 5 nitrogen and oxygen atoms in total. The van der Waals surface area contributed by atoms with Crippen LogP contribution in [0.25, 0.3) is 0 Å². The maximum atomic E-state index is 12.9. The molecule has 2 unspecified atom stereocenters. The standard InChI is InChI=1S/C21H31N3O2/c1-15-9-16(2)11-19(10-15)21(26)24-8-4-6-18(14-24)20(25)23-13-17-5-3-7-22-12-17/h9-11,17-18,22H,3-8,12-14H2,1-2H3,(H,23,25). The molecule has 142 valence electrons. The van der Waals surface area contributed by atoms with Crippen LogP contribution >= 0.6 is 0 Å². The first-order chi connectivity index (χ1) is 12.5. The zero-order chi connectivity index (χ0) is 18.5. The van der Waals surface area contributed by atoms with Crippen molar-refractivity contribution >= 4 is 11.8 Å². The highest BCUT2D eigenvalue weighted by molar-refractivity contribution is 5.95. The minimum absolute atomic E-state index is 0.0470. The number of carbonyl (C=O) groups is 2. The second-order valence-electron chi connectivity index (χ2n) is 7.92. The number of likely N-dealkylation sites (tertiary alicyclic amines) is 1. The number of carbonyl (C=O) groups excluding carboxylic acids is 2. The Hall–Kier alpha value is -1.88. The summed E-state index contributed by atoms with van der Waals surface area (Å²) >= 11 is 0. The first kappa shape index (κ1) is 18.9. The monoisotopic (exact) mass is 357 g/mol. The number of rotatable bonds is 4. The van der Waals surface area contributed by atoms with Crippen molar-refractivity contribution < 1.29 is 9.59 Å². The molecule has 2 aliphatic heterocycles. The Morgan fingerprint density at radius 3 is 2.62 bits per heavy atom. The van der Waals surface area contributed by atoms with Gasteiger partial charge in [-0.1, -0.05) is 17.2 Å². The van der Waals surface area contributed by atoms with Gasteiger partial charge in [-0.15, -0.1) is 0 Å². The van der Waals surface area contributed by atoms with Crippen LogP contribution < -0.4 is 10.6 Å². The SMILES string of the molecule is Cc1cc(C)cc(C(=O)N2CCCC(C(=O)NCC3CCCNC3)C2)c1. The fourth-order valence-corrected chi connectivity index (χ4v) is 4.14. The molecule has 2 saturated heterocycles. The molecule has 2 amide bonds. The van der Waals surface area contributed by atoms with Gasteiger partial charge in [0, 0.05) is 25.2 Å². The summed E-state index contributed by atoms with van der Waals surface area (Å²) in [6.07, 6.45) is 4.11. The minimum Gasteiger partial charge on any atom is -0.355 e. The molecule has 1 aromatic carbocycles. The van der Waals surface area contributed by atoms with E-state index >= 15 is 0 Å². The van der Waals surface area contributed by atoms with E-state index in [1.54, 1.807) is 0 Å². The third-order valence-electron chi connectivity index (χ3n) is 5.51. The highest BCUT2D eigenvalue weighted by atomic mass is 16.2. The van der Waals surface area contributed by atoms with Crippen LogP contribution in [0.5, 0.6) is 0 Å². The third-order valence-corrected chi connectivity index (χ3v) is 5.51. The minimum atomic E-state index is -0.0878. The summed E-state index contributed by atoms with van der Waals surface area (Å²) in [6, 6.07) is 5.95. The molecule has 0 aromatic heterocycles. The normalized spacial score (nSPS) is 23.5. The molecular weight excluding hydrogens is 326 g/mol. The van der Waals surface area contributed by atoms with Gasteiger partial charge in [-0.3, -0.25) is 9.59 Å². The fourth-order valence-electron chi connectivity index (χ4n) is 4.14. The number of nitrogens with zero attached hydrogens (tertiary/aromatic N) is 1. The lowest BCUT2D eigenvalue weighted by molar-refractivity contribution is -0.126. The summed E-state index contributed by atoms with van der Waals surface area (Å²) < 4.78 is 0. The molecule has 26 heavy (non-hydrogen) atoms. The van der Waals surface area contributed by atoms with E-state index in [2.05, 4.69) is 16.7 Å². The molecule has 0 spiro atoms. The Bertz CT molecular complexity index is 632. The third kappa shape index (κ3) is 4.85. The molecule has 2 atom stereocenters. The zero-order valence-electron chi connectivity index (χ0n) is 16.0. The molecule has 2 fully saturated rings. The molecule has 2 N–H and O–H groups in total. The van der Waals surface area contributed by atoms with Gasteiger partial charge >= 0.3 is 0 Å². The quantitative estimate of drug-likeness (QED) is 0.869. The van der Waals surface area contributed by atoms with Crippen LogP contribution in [0, 0.1) is 25.7 Å². The second kappa shape index (κ2) is 8.67. The topological polar surface area (TPSA) is 61.4 Å². The molecule has 2 heterocycles. The second-order valence-corrected chi connectivity index (χ2v) is 7.92. The first-order valence-electron chi connectivity index (χ1n) is 9.89. The lowest BCUT2D eigenvalue weighted by Crippen LogP contribution is -2.47. The van der Waals surface area contributed by atoms with Gasteiger partial charge in [0.15, 0.2) is 0 Å². The molecule has 2 aliphatic rings. The average Bonchev–Trinajstić information content (AvgIpc) is 2.65. The number of hydrogen-bond donors (Lipinski definition) is 2. The number of amides is 2. The van der Waals surface area contributed by atoms with Crippen molar-refractivity contribution in [2.45, 2.75) is 39.5 Å². The van der Waals surface area contributed by atoms with Gasteiger partial charge in [-0.25, -0.2) is 0 Å². The molecule has 1 aromatic rings. The van der Waals surface area contributed by atoms with E-state index in [-0.39, 0.29) is 17.7 Å². The van der Waals surface area contributed by atoms with E-state index in [9.17, 15) is 9.59 Å². The van der Waals surface area contributed by atoms with E-state index in [0.717, 1.165) is 55.7 Å². The number of hydrogen-bond acceptors (Lipinski definition) is 3. The summed E-state index contributed by atoms with van der Waals surface area (Å²) in [5.41, 5.74) is 2.93. The Balaban J connectivity index is 1.55. The zero-order valence-corrected chi connectivity index (χ0v) is 16.0. The van der Waals surface area contributed by atoms with E-state index < -0.39 is 0 Å². The van der Waals surface area contributed by atoms with Crippen LogP contribution in [0.4, 0.5) is 0 Å². The average molecular weight is 357 g/mol. The van der Waals surface area contributed by atoms with Gasteiger partial charge in [-0.2, -0.15) is 0 Å². The summed E-state index contributed by atoms with van der Waals surface area (Å²) in [4.78, 5) is 27.3. The smallest absolute Gasteiger partial charge is 0.253 e. The van der Waals surface area contributed by atoms with Crippen LogP contribution in [0.15, 0.2) is 18.2 Å². The highest BCUT2D eigenvalue weighted by Crippen LogP contribution is 2.20. The number of nitrogens with one attached hydrogen (secondary N) is 2. The van der Waals surface area contributed by atoms with Gasteiger partial charge in [0.05, 0.1) is 5.92 Å². The van der Waals surface area contributed by atoms with Crippen LogP contribution in [0.2, 0.25) is 0 Å². The van der Waals surface area contributed by atoms with Crippen molar-refractivity contribution in [2.24, 2.45) is 11.8 Å². The van der Waals surface area contributed by atoms with Crippen molar-refractivity contribution in [1.82, 2.24) is 15.5 Å². The van der Waals surface area contributed by atoms with E-state index in [0.29, 0.717) is 12.5 Å². The molecule has 3 rings (SSSR count). The highest BCUT2D eigenvalue weighted by Gasteiger charge is 2.29. The molecule has 0 radical (unpaired) electrons. The molecular formula is C21H31N3O2. The fraction of sp³-hybridized carbons (Fsp3) is 0.619. The predicted octanol–water partition coefficient (Wildman–Crippen LogP) is 2.27. The molecule has 0 saturated carbocycles. The van der Waals surface area contributed by atoms with Gasteiger partial charge in [-0.05, 0) is 70.7 Å². The first-order valence-corrected chi connectivity index (χ1v) is 9.89. The molecule has 5 heteroatoms. The van der Waals surface area contributed by atoms with E-state index in [1.165, 1.54) is 12.8 Å². The molecule has 0 aliphatic carbocycles. The number of aryl methyl sites for hydroxylation is 2. The maximum absolute atomic E-state index is 12.9. The van der Waals surface area contributed by atoms with Gasteiger partial charge in [0.2, 0.25) is 5.91 Å². The summed E-state index contributed by atoms with van der Waals surface area (Å²) in [5.74, 6) is 0.596. The van der Waals surface area contributed by atoms with Crippen molar-refractivity contribution in [3.63, 3.8) is 0 Å². The Morgan fingerprint density at radius 1 is 1.15 bits per heavy atom. The van der Waals surface area contributed by atoms with Crippen LogP contribution in [-0.4, -0.2) is 49.4 Å². The Morgan fingerprint density at radius 2 is 1.92 bits per heavy atom. The van der Waals surface area contributed by atoms with Gasteiger partial charge < -0.3 is 15.5 Å². The van der Waals surface area contributed by atoms with Crippen LogP contribution in [0.3, 0.4) is 0 Å². The van der Waals surface area contributed by atoms with E-state index in [1.807, 2.05) is 30.9 Å². The lowest BCUT2D eigenvalue weighted by atomic mass is 9.95. The van der Waals surface area contributed by atoms with Gasteiger partial charge in [0.1, 0.15) is 0 Å². The number of benzene rings is 1. The Labute approximate surface area is 156 Å². The largest absolute Gasteiger partial charge is 0.355 e. The molecule has 0 bridgehead atoms. The van der Waals surface area contributed by atoms with Crippen molar-refractivity contribution in [3.8, 4) is 0 Å². The maximum Gasteiger partial charge on any atom is 0.253 e. The van der Waals surface area contributed by atoms with Crippen molar-refractivity contribution in [2.75, 3.05) is 32.7 Å². The number of piperidine rings is 2. The van der Waals surface area contributed by atoms with Crippen molar-refractivity contribution in [3.05, 3.63) is 34.9 Å². The summed E-state index contributed by atoms with van der Waals surface area (Å²) in [5, 5.41) is 6.51. The lowest BCUT2D eigenvalue weighted by Gasteiger charge is -2.33. The van der Waals surface area contributed by atoms with Crippen LogP contribution in [0.1, 0.15) is 47.2 Å². The summed E-state index contributed by atoms with van der Waals surface area (Å²) in [7, 11) is 0. The summed E-state index contributed by atoms with van der Waals surface area (Å²) in [6.45, 7) is 8.10. The Kier molecular flexibility index (Phi) is 6.30.